The molecule has 2 aromatic rings. The van der Waals surface area contributed by atoms with E-state index in [1.54, 1.807) is 25.6 Å². The number of carbonyl (C=O) groups excluding carboxylic acids is 1. The molecule has 0 aromatic carbocycles. The Morgan fingerprint density at radius 2 is 2.35 bits per heavy atom. The molecular formula is C12H15N3O2. The first-order valence-corrected chi connectivity index (χ1v) is 5.62. The topological polar surface area (TPSA) is 59.9 Å². The van der Waals surface area contributed by atoms with Gasteiger partial charge >= 0.3 is 5.97 Å². The third-order valence-corrected chi connectivity index (χ3v) is 2.56. The molecule has 0 radical (unpaired) electrons. The molecule has 17 heavy (non-hydrogen) atoms. The molecule has 0 unspecified atom stereocenters. The number of rotatable bonds is 4. The molecule has 0 aliphatic carbocycles. The fraction of sp³-hybridized carbons (Fsp3) is 0.333. The van der Waals surface area contributed by atoms with E-state index in [0.29, 0.717) is 12.3 Å². The summed E-state index contributed by atoms with van der Waals surface area (Å²) in [4.78, 5) is 18.7. The van der Waals surface area contributed by atoms with Crippen molar-refractivity contribution in [2.75, 3.05) is 6.61 Å². The fourth-order valence-corrected chi connectivity index (χ4v) is 1.75. The maximum Gasteiger partial charge on any atom is 0.355 e. The molecule has 0 atom stereocenters. The van der Waals surface area contributed by atoms with Gasteiger partial charge in [0.05, 0.1) is 24.8 Å². The summed E-state index contributed by atoms with van der Waals surface area (Å²) in [5.41, 5.74) is 2.21. The van der Waals surface area contributed by atoms with Gasteiger partial charge < -0.3 is 14.3 Å². The molecule has 0 saturated heterocycles. The summed E-state index contributed by atoms with van der Waals surface area (Å²) < 4.78 is 6.98. The summed E-state index contributed by atoms with van der Waals surface area (Å²) in [5, 5.41) is 0. The number of hydrogen-bond donors (Lipinski definition) is 1. The minimum absolute atomic E-state index is 0.337. The molecule has 90 valence electrons. The zero-order valence-electron chi connectivity index (χ0n) is 9.93. The standard InChI is InChI=1S/C12H15N3O2/c1-3-15-8-13-7-10(15)9-5-6-14-11(9)12(16)17-4-2/h5-8,14H,3-4H2,1-2H3. The lowest BCUT2D eigenvalue weighted by atomic mass is 10.2. The SMILES string of the molecule is CCOC(=O)c1[nH]ccc1-c1cncn1CC. The number of nitrogens with one attached hydrogen (secondary N) is 1. The number of esters is 1. The minimum Gasteiger partial charge on any atom is -0.461 e. The van der Waals surface area contributed by atoms with Crippen LogP contribution in [0, 0.1) is 0 Å². The quantitative estimate of drug-likeness (QED) is 0.822. The zero-order chi connectivity index (χ0) is 12.3. The van der Waals surface area contributed by atoms with Crippen molar-refractivity contribution in [1.82, 2.24) is 14.5 Å². The Bertz CT molecular complexity index is 513. The lowest BCUT2D eigenvalue weighted by Gasteiger charge is -2.06. The number of nitrogens with zero attached hydrogens (tertiary/aromatic N) is 2. The van der Waals surface area contributed by atoms with Crippen LogP contribution >= 0.6 is 0 Å². The van der Waals surface area contributed by atoms with E-state index in [-0.39, 0.29) is 5.97 Å². The van der Waals surface area contributed by atoms with Crippen LogP contribution in [0.15, 0.2) is 24.8 Å². The Labute approximate surface area is 99.4 Å². The Balaban J connectivity index is 2.40. The van der Waals surface area contributed by atoms with Crippen molar-refractivity contribution in [3.63, 3.8) is 0 Å². The first-order valence-electron chi connectivity index (χ1n) is 5.62. The molecule has 5 heteroatoms. The second-order valence-corrected chi connectivity index (χ2v) is 3.55. The Kier molecular flexibility index (Phi) is 3.27. The van der Waals surface area contributed by atoms with Gasteiger partial charge in [-0.2, -0.15) is 0 Å². The van der Waals surface area contributed by atoms with Gasteiger partial charge in [-0.05, 0) is 19.9 Å². The lowest BCUT2D eigenvalue weighted by molar-refractivity contribution is 0.0521. The van der Waals surface area contributed by atoms with Gasteiger partial charge in [-0.1, -0.05) is 0 Å². The van der Waals surface area contributed by atoms with Gasteiger partial charge in [0, 0.05) is 18.3 Å². The van der Waals surface area contributed by atoms with Crippen molar-refractivity contribution in [2.45, 2.75) is 20.4 Å². The molecule has 0 fully saturated rings. The molecule has 0 bridgehead atoms. The molecule has 2 rings (SSSR count). The predicted molar refractivity (Wildman–Crippen MR) is 63.6 cm³/mol. The number of carbonyl (C=O) groups is 1. The maximum absolute atomic E-state index is 11.7. The average molecular weight is 233 g/mol. The van der Waals surface area contributed by atoms with E-state index in [4.69, 9.17) is 4.74 Å². The van der Waals surface area contributed by atoms with Crippen LogP contribution in [0.5, 0.6) is 0 Å². The number of imidazole rings is 1. The summed E-state index contributed by atoms with van der Waals surface area (Å²) in [6.45, 7) is 4.99. The van der Waals surface area contributed by atoms with Crippen molar-refractivity contribution < 1.29 is 9.53 Å². The fourth-order valence-electron chi connectivity index (χ4n) is 1.75. The summed E-state index contributed by atoms with van der Waals surface area (Å²) in [5.74, 6) is -0.337. The zero-order valence-corrected chi connectivity index (χ0v) is 9.93. The molecule has 0 aliphatic rings. The molecule has 2 heterocycles. The average Bonchev–Trinajstić information content (AvgIpc) is 2.97. The van der Waals surface area contributed by atoms with Crippen molar-refractivity contribution >= 4 is 5.97 Å². The van der Waals surface area contributed by atoms with E-state index in [9.17, 15) is 4.79 Å². The van der Waals surface area contributed by atoms with E-state index in [0.717, 1.165) is 17.8 Å². The number of aromatic nitrogens is 3. The number of hydrogen-bond acceptors (Lipinski definition) is 3. The number of aromatic amines is 1. The van der Waals surface area contributed by atoms with Gasteiger partial charge in [-0.15, -0.1) is 0 Å². The van der Waals surface area contributed by atoms with Gasteiger partial charge in [0.15, 0.2) is 0 Å². The van der Waals surface area contributed by atoms with Crippen molar-refractivity contribution in [1.29, 1.82) is 0 Å². The Hall–Kier alpha value is -2.04. The third-order valence-electron chi connectivity index (χ3n) is 2.56. The Morgan fingerprint density at radius 1 is 1.53 bits per heavy atom. The molecule has 0 aliphatic heterocycles. The monoisotopic (exact) mass is 233 g/mol. The highest BCUT2D eigenvalue weighted by Gasteiger charge is 2.17. The summed E-state index contributed by atoms with van der Waals surface area (Å²) in [6, 6.07) is 1.86. The van der Waals surface area contributed by atoms with Crippen LogP contribution in [0.25, 0.3) is 11.3 Å². The highest BCUT2D eigenvalue weighted by atomic mass is 16.5. The van der Waals surface area contributed by atoms with Crippen LogP contribution in [0.4, 0.5) is 0 Å². The summed E-state index contributed by atoms with van der Waals surface area (Å²) in [7, 11) is 0. The first kappa shape index (κ1) is 11.4. The molecule has 0 amide bonds. The second kappa shape index (κ2) is 4.86. The number of ether oxygens (including phenoxy) is 1. The normalized spacial score (nSPS) is 10.5. The highest BCUT2D eigenvalue weighted by molar-refractivity contribution is 5.95. The van der Waals surface area contributed by atoms with Gasteiger partial charge in [-0.25, -0.2) is 9.78 Å². The molecule has 1 N–H and O–H groups in total. The third kappa shape index (κ3) is 2.08. The summed E-state index contributed by atoms with van der Waals surface area (Å²) in [6.07, 6.45) is 5.22. The molecule has 2 aromatic heterocycles. The predicted octanol–water partition coefficient (Wildman–Crippen LogP) is 2.07. The van der Waals surface area contributed by atoms with Gasteiger partial charge in [0.1, 0.15) is 5.69 Å². The van der Waals surface area contributed by atoms with Crippen LogP contribution in [-0.2, 0) is 11.3 Å². The molecule has 0 saturated carbocycles. The highest BCUT2D eigenvalue weighted by Crippen LogP contribution is 2.23. The minimum atomic E-state index is -0.337. The summed E-state index contributed by atoms with van der Waals surface area (Å²) >= 11 is 0. The molecule has 5 nitrogen and oxygen atoms in total. The van der Waals surface area contributed by atoms with Crippen LogP contribution in [-0.4, -0.2) is 27.1 Å². The number of aryl methyl sites for hydroxylation is 1. The van der Waals surface area contributed by atoms with Crippen LogP contribution < -0.4 is 0 Å². The molecule has 0 spiro atoms. The van der Waals surface area contributed by atoms with E-state index < -0.39 is 0 Å². The van der Waals surface area contributed by atoms with Crippen LogP contribution in [0.3, 0.4) is 0 Å². The smallest absolute Gasteiger partial charge is 0.355 e. The number of H-pyrrole nitrogens is 1. The van der Waals surface area contributed by atoms with E-state index >= 15 is 0 Å². The maximum atomic E-state index is 11.7. The molecular weight excluding hydrogens is 218 g/mol. The van der Waals surface area contributed by atoms with Crippen molar-refractivity contribution in [2.24, 2.45) is 0 Å². The Morgan fingerprint density at radius 3 is 3.06 bits per heavy atom. The van der Waals surface area contributed by atoms with Crippen LogP contribution in [0.1, 0.15) is 24.3 Å². The van der Waals surface area contributed by atoms with E-state index in [1.807, 2.05) is 17.6 Å². The largest absolute Gasteiger partial charge is 0.461 e. The van der Waals surface area contributed by atoms with Gasteiger partial charge in [0.2, 0.25) is 0 Å². The van der Waals surface area contributed by atoms with Crippen molar-refractivity contribution in [3.05, 3.63) is 30.5 Å². The van der Waals surface area contributed by atoms with E-state index in [2.05, 4.69) is 9.97 Å². The van der Waals surface area contributed by atoms with Gasteiger partial charge in [0.25, 0.3) is 0 Å². The van der Waals surface area contributed by atoms with Gasteiger partial charge in [-0.3, -0.25) is 0 Å². The second-order valence-electron chi connectivity index (χ2n) is 3.55. The first-order chi connectivity index (χ1) is 8.27. The lowest BCUT2D eigenvalue weighted by Crippen LogP contribution is -2.07. The van der Waals surface area contributed by atoms with Crippen LogP contribution in [0.2, 0.25) is 0 Å². The van der Waals surface area contributed by atoms with E-state index in [1.165, 1.54) is 0 Å². The van der Waals surface area contributed by atoms with Crippen molar-refractivity contribution in [3.8, 4) is 11.3 Å².